The van der Waals surface area contributed by atoms with Gasteiger partial charge in [-0.1, -0.05) is 84.1 Å². The van der Waals surface area contributed by atoms with Gasteiger partial charge in [-0.2, -0.15) is 0 Å². The van der Waals surface area contributed by atoms with Crippen LogP contribution in [-0.4, -0.2) is 4.70 Å². The molecular weight excluding hydrogens is 659 g/mol. The summed E-state index contributed by atoms with van der Waals surface area (Å²) < 4.78 is 12.2. The van der Waals surface area contributed by atoms with Crippen LogP contribution in [0.25, 0.3) is 16.9 Å². The Labute approximate surface area is 308 Å². The van der Waals surface area contributed by atoms with Crippen LogP contribution in [0.3, 0.4) is 0 Å². The normalized spacial score (nSPS) is 12.7. The fourth-order valence-electron chi connectivity index (χ4n) is 6.20. The van der Waals surface area contributed by atoms with Crippen LogP contribution in [0.4, 0.5) is 0 Å². The zero-order valence-corrected chi connectivity index (χ0v) is 31.6. The predicted molar refractivity (Wildman–Crippen MR) is 205 cm³/mol. The first-order valence-corrected chi connectivity index (χ1v) is 19.6. The molecule has 50 heavy (non-hydrogen) atoms. The summed E-state index contributed by atoms with van der Waals surface area (Å²) in [5, 5.41) is 0. The van der Waals surface area contributed by atoms with Gasteiger partial charge in [0.15, 0.2) is 0 Å². The van der Waals surface area contributed by atoms with E-state index in [1.165, 1.54) is 60.8 Å². The van der Waals surface area contributed by atoms with E-state index in [4.69, 9.17) is 7.76 Å². The molecule has 0 atom stereocenters. The maximum absolute atomic E-state index is 11.8. The van der Waals surface area contributed by atoms with E-state index in [1.54, 1.807) is 4.70 Å². The molecule has 5 rings (SSSR count). The summed E-state index contributed by atoms with van der Waals surface area (Å²) in [5.74, 6) is 1.57. The Morgan fingerprint density at radius 3 is 1.34 bits per heavy atom. The number of aryl methyl sites for hydroxylation is 2. The Morgan fingerprint density at radius 1 is 0.480 bits per heavy atom. The van der Waals surface area contributed by atoms with E-state index in [-0.39, 0.29) is 0 Å². The van der Waals surface area contributed by atoms with E-state index in [0.717, 1.165) is 94.0 Å². The summed E-state index contributed by atoms with van der Waals surface area (Å²) in [5.41, 5.74) is 21.6. The molecule has 1 aliphatic rings. The summed E-state index contributed by atoms with van der Waals surface area (Å²) in [7, 11) is 0. The summed E-state index contributed by atoms with van der Waals surface area (Å²) in [4.78, 5) is 0. The van der Waals surface area contributed by atoms with E-state index in [2.05, 4.69) is 76.2 Å². The third kappa shape index (κ3) is 11.8. The summed E-state index contributed by atoms with van der Waals surface area (Å²) in [6, 6.07) is 36.9. The van der Waals surface area contributed by atoms with Crippen molar-refractivity contribution >= 4 is 11.4 Å². The van der Waals surface area contributed by atoms with Crippen molar-refractivity contribution in [1.29, 1.82) is 0 Å². The van der Waals surface area contributed by atoms with Gasteiger partial charge < -0.3 is 5.53 Å². The van der Waals surface area contributed by atoms with E-state index >= 15 is 0 Å². The number of para-hydroxylation sites is 2. The molecule has 268 valence electrons. The van der Waals surface area contributed by atoms with Crippen LogP contribution >= 0.6 is 0 Å². The van der Waals surface area contributed by atoms with Crippen molar-refractivity contribution in [3.63, 3.8) is 0 Å². The number of rotatable bonds is 19. The standard InChI is InChI=1S/C33H46N2.2C6H6O.Ni/c1-5-9-13-23-31-30(22-12-8-4)32(28-20-14-18-26(24-28)16-10-6-2)35(34)33(31)29-21-15-19-27(25-29)17-11-7-3;2*7-6-4-2-1-3-5-6;/h14-15,18-21,24-25H,5-13,16-17,22-23H2,1-4H3;2*1-5,7H;/q;;;+2/p-2. The molecule has 0 amide bonds. The van der Waals surface area contributed by atoms with Gasteiger partial charge in [0, 0.05) is 22.3 Å². The molecule has 4 aromatic carbocycles. The van der Waals surface area contributed by atoms with Crippen molar-refractivity contribution in [1.82, 2.24) is 0 Å². The molecular formula is C45H56N2NiO2. The van der Waals surface area contributed by atoms with Crippen LogP contribution in [0.5, 0.6) is 11.5 Å². The van der Waals surface area contributed by atoms with E-state index in [9.17, 15) is 5.53 Å². The molecule has 4 nitrogen and oxygen atoms in total. The van der Waals surface area contributed by atoms with Gasteiger partial charge in [-0.15, -0.1) is 0 Å². The Morgan fingerprint density at radius 2 is 0.900 bits per heavy atom. The average Bonchev–Trinajstić information content (AvgIpc) is 3.43. The van der Waals surface area contributed by atoms with Crippen LogP contribution in [0.1, 0.15) is 121 Å². The third-order valence-corrected chi connectivity index (χ3v) is 9.53. The minimum absolute atomic E-state index is 0.777. The number of hydrogen-bond donors (Lipinski definition) is 0. The number of nitrogens with zero attached hydrogens (tertiary/aromatic N) is 2. The van der Waals surface area contributed by atoms with Crippen molar-refractivity contribution in [2.45, 2.75) is 111 Å². The molecule has 4 aromatic rings. The van der Waals surface area contributed by atoms with Gasteiger partial charge in [0.25, 0.3) is 0 Å². The van der Waals surface area contributed by atoms with Gasteiger partial charge in [-0.05, 0) is 86.8 Å². The maximum atomic E-state index is 11.8. The molecule has 0 unspecified atom stereocenters. The zero-order valence-electron chi connectivity index (χ0n) is 30.6. The molecule has 0 radical (unpaired) electrons. The molecule has 0 saturated heterocycles. The number of benzene rings is 4. The van der Waals surface area contributed by atoms with E-state index in [1.807, 2.05) is 60.7 Å². The number of allylic oxidation sites excluding steroid dienone is 2. The quantitative estimate of drug-likeness (QED) is 0.0551. The molecule has 0 bridgehead atoms. The monoisotopic (exact) mass is 714 g/mol. The van der Waals surface area contributed by atoms with Crippen molar-refractivity contribution in [3.05, 3.63) is 148 Å². The number of unbranched alkanes of at least 4 members (excludes halogenated alkanes) is 5. The van der Waals surface area contributed by atoms with Crippen molar-refractivity contribution in [3.8, 4) is 11.5 Å². The van der Waals surface area contributed by atoms with E-state index in [0.29, 0.717) is 0 Å². The van der Waals surface area contributed by atoms with Gasteiger partial charge >= 0.3 is 95.0 Å². The topological polar surface area (TPSA) is 43.8 Å². The molecule has 0 spiro atoms. The Hall–Kier alpha value is -3.95. The molecule has 1 heterocycles. The first-order chi connectivity index (χ1) is 24.6. The third-order valence-electron chi connectivity index (χ3n) is 8.90. The second kappa shape index (κ2) is 22.0. The van der Waals surface area contributed by atoms with Crippen molar-refractivity contribution in [2.75, 3.05) is 0 Å². The molecule has 5 heteroatoms. The van der Waals surface area contributed by atoms with Gasteiger partial charge in [0.2, 0.25) is 11.4 Å². The van der Waals surface area contributed by atoms with Gasteiger partial charge in [0.05, 0.1) is 0 Å². The fraction of sp³-hybridized carbons (Fsp3) is 0.378. The van der Waals surface area contributed by atoms with Gasteiger partial charge in [-0.25, -0.2) is 4.70 Å². The summed E-state index contributed by atoms with van der Waals surface area (Å²) in [6.07, 6.45) is 14.9. The van der Waals surface area contributed by atoms with Crippen LogP contribution in [0.2, 0.25) is 0 Å². The molecule has 0 aliphatic carbocycles. The Bertz CT molecular complexity index is 1620. The molecule has 0 fully saturated rings. The number of hydrogen-bond acceptors (Lipinski definition) is 2. The summed E-state index contributed by atoms with van der Waals surface area (Å²) >= 11 is 0.777. The first kappa shape index (κ1) is 38.8. The van der Waals surface area contributed by atoms with Crippen LogP contribution in [0.15, 0.2) is 120 Å². The van der Waals surface area contributed by atoms with Crippen LogP contribution in [0, 0.1) is 0 Å². The average molecular weight is 716 g/mol. The van der Waals surface area contributed by atoms with Crippen LogP contribution in [-0.2, 0) is 27.9 Å². The summed E-state index contributed by atoms with van der Waals surface area (Å²) in [6.45, 7) is 9.01. The second-order valence-corrected chi connectivity index (χ2v) is 13.5. The molecule has 1 aliphatic heterocycles. The van der Waals surface area contributed by atoms with Gasteiger partial charge in [0.1, 0.15) is 0 Å². The van der Waals surface area contributed by atoms with Crippen molar-refractivity contribution in [2.24, 2.45) is 0 Å². The van der Waals surface area contributed by atoms with Crippen LogP contribution < -0.4 is 7.76 Å². The molecule has 0 saturated carbocycles. The minimum atomic E-state index is 0.777. The second-order valence-electron chi connectivity index (χ2n) is 12.9. The van der Waals surface area contributed by atoms with Crippen molar-refractivity contribution < 1.29 is 27.5 Å². The van der Waals surface area contributed by atoms with Gasteiger partial charge in [-0.3, -0.25) is 0 Å². The SMILES string of the molecule is CCCCCC1=C(c2cccc(CCCC)c2)[N+](=[N-])C(c2cccc(CCCC)c2)=C1CCCC.c1ccc([O][Ni][O]c2ccccc2)cc1. The Kier molecular flexibility index (Phi) is 17.1. The fourth-order valence-corrected chi connectivity index (χ4v) is 6.70. The Balaban J connectivity index is 0.000000310. The zero-order chi connectivity index (χ0) is 35.4. The molecule has 0 aromatic heterocycles. The first-order valence-electron chi connectivity index (χ1n) is 18.8. The van der Waals surface area contributed by atoms with E-state index < -0.39 is 0 Å². The molecule has 0 N–H and O–H groups in total. The predicted octanol–water partition coefficient (Wildman–Crippen LogP) is 13.4.